The van der Waals surface area contributed by atoms with Gasteiger partial charge in [-0.15, -0.1) is 5.10 Å². The number of carboxylic acids is 1. The van der Waals surface area contributed by atoms with E-state index >= 15 is 0 Å². The Morgan fingerprint density at radius 3 is 2.88 bits per heavy atom. The van der Waals surface area contributed by atoms with Gasteiger partial charge < -0.3 is 9.84 Å². The van der Waals surface area contributed by atoms with Gasteiger partial charge in [0, 0.05) is 11.8 Å². The number of pyridine rings is 1. The third kappa shape index (κ3) is 2.39. The number of nitrogens with zero attached hydrogens (tertiary/aromatic N) is 2. The van der Waals surface area contributed by atoms with Crippen LogP contribution in [0.15, 0.2) is 18.3 Å². The molecule has 0 spiro atoms. The number of aromatic amines is 1. The number of halogens is 1. The molecule has 2 rings (SSSR count). The molecule has 0 saturated heterocycles. The highest BCUT2D eigenvalue weighted by Crippen LogP contribution is 2.22. The number of aryl methyl sites for hydroxylation is 1. The largest absolute Gasteiger partial charge is 0.477 e. The van der Waals surface area contributed by atoms with Gasteiger partial charge in [0.15, 0.2) is 0 Å². The van der Waals surface area contributed by atoms with E-state index in [9.17, 15) is 9.18 Å². The van der Waals surface area contributed by atoms with Crippen LogP contribution in [0.1, 0.15) is 16.1 Å². The van der Waals surface area contributed by atoms with Crippen molar-refractivity contribution in [3.63, 3.8) is 0 Å². The highest BCUT2D eigenvalue weighted by molar-refractivity contribution is 5.90. The van der Waals surface area contributed by atoms with E-state index in [4.69, 9.17) is 9.84 Å². The molecule has 2 N–H and O–H groups in total. The molecule has 0 aromatic carbocycles. The normalized spacial score (nSPS) is 10.2. The first-order chi connectivity index (χ1) is 8.06. The number of rotatable bonds is 3. The molecule has 0 fully saturated rings. The van der Waals surface area contributed by atoms with Gasteiger partial charge in [0.2, 0.25) is 11.8 Å². The summed E-state index contributed by atoms with van der Waals surface area (Å²) in [5.74, 6) is -2.10. The maximum Gasteiger partial charge on any atom is 0.341 e. The topological polar surface area (TPSA) is 88.1 Å². The third-order valence-electron chi connectivity index (χ3n) is 1.93. The summed E-state index contributed by atoms with van der Waals surface area (Å²) >= 11 is 0. The summed E-state index contributed by atoms with van der Waals surface area (Å²) < 4.78 is 18.0. The Balaban J connectivity index is 2.35. The molecular formula is C10H8FN3O3. The summed E-state index contributed by atoms with van der Waals surface area (Å²) in [5, 5.41) is 15.2. The molecular weight excluding hydrogens is 229 g/mol. The number of aromatic carboxylic acids is 1. The van der Waals surface area contributed by atoms with Gasteiger partial charge in [-0.3, -0.25) is 5.10 Å². The molecule has 2 aromatic rings. The standard InChI is InChI=1S/C10H8FN3O3/c1-5-2-8(14-13-5)17-9-7(10(15)16)3-6(11)4-12-9/h2-4H,1H3,(H,13,14)(H,15,16). The van der Waals surface area contributed by atoms with E-state index in [-0.39, 0.29) is 17.3 Å². The fraction of sp³-hybridized carbons (Fsp3) is 0.100. The number of aromatic nitrogens is 3. The molecule has 0 atom stereocenters. The quantitative estimate of drug-likeness (QED) is 0.848. The molecule has 0 unspecified atom stereocenters. The lowest BCUT2D eigenvalue weighted by Gasteiger charge is -2.04. The van der Waals surface area contributed by atoms with Crippen LogP contribution in [-0.2, 0) is 0 Å². The molecule has 0 aliphatic rings. The Bertz CT molecular complexity index is 568. The van der Waals surface area contributed by atoms with Crippen molar-refractivity contribution < 1.29 is 19.0 Å². The van der Waals surface area contributed by atoms with Crippen molar-refractivity contribution in [3.8, 4) is 11.8 Å². The first-order valence-electron chi connectivity index (χ1n) is 4.65. The molecule has 0 amide bonds. The van der Waals surface area contributed by atoms with Crippen molar-refractivity contribution in [2.75, 3.05) is 0 Å². The van der Waals surface area contributed by atoms with E-state index in [1.807, 2.05) is 0 Å². The zero-order valence-electron chi connectivity index (χ0n) is 8.77. The van der Waals surface area contributed by atoms with E-state index in [2.05, 4.69) is 15.2 Å². The average molecular weight is 237 g/mol. The van der Waals surface area contributed by atoms with Crippen LogP contribution in [0.25, 0.3) is 0 Å². The van der Waals surface area contributed by atoms with Crippen LogP contribution in [0.4, 0.5) is 4.39 Å². The van der Waals surface area contributed by atoms with Crippen molar-refractivity contribution in [3.05, 3.63) is 35.4 Å². The smallest absolute Gasteiger partial charge is 0.341 e. The second kappa shape index (κ2) is 4.20. The van der Waals surface area contributed by atoms with Crippen molar-refractivity contribution in [2.45, 2.75) is 6.92 Å². The van der Waals surface area contributed by atoms with E-state index in [1.165, 1.54) is 0 Å². The molecule has 6 nitrogen and oxygen atoms in total. The van der Waals surface area contributed by atoms with Gasteiger partial charge >= 0.3 is 5.97 Å². The van der Waals surface area contributed by atoms with E-state index in [0.29, 0.717) is 0 Å². The first kappa shape index (κ1) is 11.1. The van der Waals surface area contributed by atoms with Gasteiger partial charge in [0.25, 0.3) is 0 Å². The molecule has 2 aromatic heterocycles. The fourth-order valence-corrected chi connectivity index (χ4v) is 1.21. The molecule has 0 saturated carbocycles. The van der Waals surface area contributed by atoms with Crippen molar-refractivity contribution >= 4 is 5.97 Å². The molecule has 0 aliphatic heterocycles. The molecule has 17 heavy (non-hydrogen) atoms. The lowest BCUT2D eigenvalue weighted by Crippen LogP contribution is -2.03. The van der Waals surface area contributed by atoms with Crippen molar-refractivity contribution in [2.24, 2.45) is 0 Å². The van der Waals surface area contributed by atoms with Crippen LogP contribution in [0, 0.1) is 12.7 Å². The van der Waals surface area contributed by atoms with E-state index < -0.39 is 11.8 Å². The maximum atomic E-state index is 12.8. The van der Waals surface area contributed by atoms with Gasteiger partial charge in [-0.05, 0) is 13.0 Å². The lowest BCUT2D eigenvalue weighted by atomic mass is 10.3. The van der Waals surface area contributed by atoms with E-state index in [1.54, 1.807) is 13.0 Å². The fourth-order valence-electron chi connectivity index (χ4n) is 1.21. The number of carbonyl (C=O) groups is 1. The van der Waals surface area contributed by atoms with Crippen LogP contribution < -0.4 is 4.74 Å². The number of hydrogen-bond acceptors (Lipinski definition) is 4. The van der Waals surface area contributed by atoms with Gasteiger partial charge in [-0.1, -0.05) is 0 Å². The maximum absolute atomic E-state index is 12.8. The zero-order valence-corrected chi connectivity index (χ0v) is 8.77. The van der Waals surface area contributed by atoms with Gasteiger partial charge in [-0.2, -0.15) is 0 Å². The van der Waals surface area contributed by atoms with Gasteiger partial charge in [0.05, 0.1) is 6.20 Å². The minimum absolute atomic E-state index is 0.170. The summed E-state index contributed by atoms with van der Waals surface area (Å²) in [4.78, 5) is 14.4. The Hall–Kier alpha value is -2.44. The summed E-state index contributed by atoms with van der Waals surface area (Å²) in [6.07, 6.45) is 0.876. The minimum atomic E-state index is -1.32. The summed E-state index contributed by atoms with van der Waals surface area (Å²) in [6, 6.07) is 2.40. The average Bonchev–Trinajstić information content (AvgIpc) is 2.66. The first-order valence-corrected chi connectivity index (χ1v) is 4.65. The van der Waals surface area contributed by atoms with Gasteiger partial charge in [-0.25, -0.2) is 14.2 Å². The Kier molecular flexibility index (Phi) is 2.73. The predicted octanol–water partition coefficient (Wildman–Crippen LogP) is 1.74. The van der Waals surface area contributed by atoms with Crippen LogP contribution in [0.5, 0.6) is 11.8 Å². The summed E-state index contributed by atoms with van der Waals surface area (Å²) in [5.41, 5.74) is 0.393. The number of nitrogens with one attached hydrogen (secondary N) is 1. The molecule has 0 radical (unpaired) electrons. The lowest BCUT2D eigenvalue weighted by molar-refractivity contribution is 0.0692. The second-order valence-corrected chi connectivity index (χ2v) is 3.30. The highest BCUT2D eigenvalue weighted by atomic mass is 19.1. The molecule has 0 bridgehead atoms. The van der Waals surface area contributed by atoms with Crippen molar-refractivity contribution in [1.82, 2.24) is 15.2 Å². The number of hydrogen-bond donors (Lipinski definition) is 2. The Labute approximate surface area is 95.1 Å². The molecule has 88 valence electrons. The van der Waals surface area contributed by atoms with Crippen LogP contribution >= 0.6 is 0 Å². The highest BCUT2D eigenvalue weighted by Gasteiger charge is 2.15. The third-order valence-corrected chi connectivity index (χ3v) is 1.93. The number of H-pyrrole nitrogens is 1. The second-order valence-electron chi connectivity index (χ2n) is 3.30. The Morgan fingerprint density at radius 1 is 1.53 bits per heavy atom. The predicted molar refractivity (Wildman–Crippen MR) is 54.6 cm³/mol. The summed E-state index contributed by atoms with van der Waals surface area (Å²) in [6.45, 7) is 1.76. The van der Waals surface area contributed by atoms with E-state index in [0.717, 1.165) is 18.0 Å². The molecule has 0 aliphatic carbocycles. The number of ether oxygens (including phenoxy) is 1. The van der Waals surface area contributed by atoms with Crippen LogP contribution in [0.2, 0.25) is 0 Å². The molecule has 7 heteroatoms. The van der Waals surface area contributed by atoms with Crippen LogP contribution in [0.3, 0.4) is 0 Å². The zero-order chi connectivity index (χ0) is 12.4. The van der Waals surface area contributed by atoms with Crippen LogP contribution in [-0.4, -0.2) is 26.3 Å². The monoisotopic (exact) mass is 237 g/mol. The van der Waals surface area contributed by atoms with Crippen molar-refractivity contribution in [1.29, 1.82) is 0 Å². The SMILES string of the molecule is Cc1cc(Oc2ncc(F)cc2C(=O)O)n[nH]1. The minimum Gasteiger partial charge on any atom is -0.477 e. The summed E-state index contributed by atoms with van der Waals surface area (Å²) in [7, 11) is 0. The van der Waals surface area contributed by atoms with Gasteiger partial charge in [0.1, 0.15) is 11.4 Å². The number of carboxylic acid groups (broad SMARTS) is 1. The molecule has 2 heterocycles. The Morgan fingerprint density at radius 2 is 2.29 bits per heavy atom.